The quantitative estimate of drug-likeness (QED) is 0.616. The molecule has 0 saturated carbocycles. The van der Waals surface area contributed by atoms with E-state index in [9.17, 15) is 9.59 Å². The lowest BCUT2D eigenvalue weighted by Crippen LogP contribution is -2.47. The topological polar surface area (TPSA) is 80.6 Å². The largest absolute Gasteiger partial charge is 0.478 e. The van der Waals surface area contributed by atoms with Crippen LogP contribution in [0.25, 0.3) is 10.9 Å². The molecular weight excluding hydrogens is 427 g/mol. The Morgan fingerprint density at radius 2 is 1.87 bits per heavy atom. The number of carbonyl (C=O) groups excluding carboxylic acids is 1. The second-order valence-electron chi connectivity index (χ2n) is 7.56. The SMILES string of the molecule is Cc1cc2c(cc(C(=O)NC3(c4ccc(C(=O)O)cc4)CCOC3)n2C)c(Cl)c1Cl. The number of carboxylic acid groups (broad SMARTS) is 1. The first-order valence-corrected chi connectivity index (χ1v) is 10.2. The molecule has 30 heavy (non-hydrogen) atoms. The van der Waals surface area contributed by atoms with Gasteiger partial charge in [0, 0.05) is 25.5 Å². The number of fused-ring (bicyclic) bond motifs is 1. The number of amides is 1. The first kappa shape index (κ1) is 20.7. The fraction of sp³-hybridized carbons (Fsp3) is 0.273. The number of hydrogen-bond acceptors (Lipinski definition) is 3. The maximum atomic E-state index is 13.3. The van der Waals surface area contributed by atoms with Crippen molar-refractivity contribution >= 4 is 46.0 Å². The van der Waals surface area contributed by atoms with Gasteiger partial charge in [-0.05, 0) is 42.3 Å². The number of carboxylic acids is 1. The second kappa shape index (κ2) is 7.61. The normalized spacial score (nSPS) is 18.7. The highest BCUT2D eigenvalue weighted by Crippen LogP contribution is 2.36. The fourth-order valence-corrected chi connectivity index (χ4v) is 4.38. The maximum Gasteiger partial charge on any atom is 0.335 e. The zero-order valence-electron chi connectivity index (χ0n) is 16.5. The van der Waals surface area contributed by atoms with Crippen molar-refractivity contribution < 1.29 is 19.4 Å². The van der Waals surface area contributed by atoms with E-state index in [0.717, 1.165) is 16.6 Å². The van der Waals surface area contributed by atoms with Gasteiger partial charge < -0.3 is 19.7 Å². The van der Waals surface area contributed by atoms with E-state index in [1.807, 2.05) is 13.0 Å². The summed E-state index contributed by atoms with van der Waals surface area (Å²) < 4.78 is 7.38. The number of nitrogens with zero attached hydrogens (tertiary/aromatic N) is 1. The Kier molecular flexibility index (Phi) is 5.26. The number of benzene rings is 2. The minimum Gasteiger partial charge on any atom is -0.478 e. The summed E-state index contributed by atoms with van der Waals surface area (Å²) in [7, 11) is 1.81. The molecule has 0 bridgehead atoms. The lowest BCUT2D eigenvalue weighted by Gasteiger charge is -2.29. The van der Waals surface area contributed by atoms with Gasteiger partial charge in [0.2, 0.25) is 0 Å². The summed E-state index contributed by atoms with van der Waals surface area (Å²) in [5.41, 5.74) is 2.35. The number of aromatic carboxylic acids is 1. The van der Waals surface area contributed by atoms with Crippen molar-refractivity contribution in [1.29, 1.82) is 0 Å². The summed E-state index contributed by atoms with van der Waals surface area (Å²) in [5, 5.41) is 13.9. The van der Waals surface area contributed by atoms with Crippen LogP contribution in [0.5, 0.6) is 0 Å². The number of rotatable bonds is 4. The van der Waals surface area contributed by atoms with E-state index >= 15 is 0 Å². The molecule has 8 heteroatoms. The third kappa shape index (κ3) is 3.35. The number of hydrogen-bond donors (Lipinski definition) is 2. The van der Waals surface area contributed by atoms with Gasteiger partial charge >= 0.3 is 5.97 Å². The molecular formula is C22H20Cl2N2O4. The molecule has 3 aromatic rings. The zero-order valence-corrected chi connectivity index (χ0v) is 18.0. The van der Waals surface area contributed by atoms with Gasteiger partial charge in [-0.1, -0.05) is 35.3 Å². The molecule has 4 rings (SSSR count). The molecule has 2 heterocycles. The number of ether oxygens (including phenoxy) is 1. The molecule has 156 valence electrons. The molecule has 2 N–H and O–H groups in total. The van der Waals surface area contributed by atoms with Gasteiger partial charge in [-0.15, -0.1) is 0 Å². The summed E-state index contributed by atoms with van der Waals surface area (Å²) in [6.07, 6.45) is 0.584. The van der Waals surface area contributed by atoms with Crippen LogP contribution in [0.2, 0.25) is 10.0 Å². The Bertz CT molecular complexity index is 1160. The minimum atomic E-state index is -0.997. The van der Waals surface area contributed by atoms with Crippen LogP contribution in [-0.2, 0) is 17.3 Å². The Labute approximate surface area is 183 Å². The van der Waals surface area contributed by atoms with E-state index < -0.39 is 11.5 Å². The molecule has 1 amide bonds. The van der Waals surface area contributed by atoms with E-state index in [1.165, 1.54) is 12.1 Å². The van der Waals surface area contributed by atoms with Crippen LogP contribution in [0.1, 0.15) is 38.4 Å². The monoisotopic (exact) mass is 446 g/mol. The van der Waals surface area contributed by atoms with Crippen LogP contribution in [0.3, 0.4) is 0 Å². The first-order chi connectivity index (χ1) is 14.2. The highest BCUT2D eigenvalue weighted by molar-refractivity contribution is 6.45. The highest BCUT2D eigenvalue weighted by Gasteiger charge is 2.39. The van der Waals surface area contributed by atoms with Crippen molar-refractivity contribution in [2.45, 2.75) is 18.9 Å². The predicted octanol–water partition coefficient (Wildman–Crippen LogP) is 4.54. The molecule has 0 spiro atoms. The third-order valence-electron chi connectivity index (χ3n) is 5.70. The molecule has 1 aliphatic heterocycles. The summed E-state index contributed by atoms with van der Waals surface area (Å²) >= 11 is 12.7. The average molecular weight is 447 g/mol. The van der Waals surface area contributed by atoms with Crippen LogP contribution >= 0.6 is 23.2 Å². The van der Waals surface area contributed by atoms with Crippen molar-refractivity contribution in [2.75, 3.05) is 13.2 Å². The van der Waals surface area contributed by atoms with Crippen LogP contribution in [0.4, 0.5) is 0 Å². The smallest absolute Gasteiger partial charge is 0.335 e. The highest BCUT2D eigenvalue weighted by atomic mass is 35.5. The first-order valence-electron chi connectivity index (χ1n) is 9.41. The number of carbonyl (C=O) groups is 2. The molecule has 0 radical (unpaired) electrons. The Morgan fingerprint density at radius 3 is 2.47 bits per heavy atom. The van der Waals surface area contributed by atoms with Gasteiger partial charge in [0.15, 0.2) is 0 Å². The maximum absolute atomic E-state index is 13.3. The summed E-state index contributed by atoms with van der Waals surface area (Å²) in [6.45, 7) is 2.67. The molecule has 6 nitrogen and oxygen atoms in total. The zero-order chi connectivity index (χ0) is 21.6. The van der Waals surface area contributed by atoms with E-state index in [1.54, 1.807) is 29.8 Å². The molecule has 1 unspecified atom stereocenters. The molecule has 1 aliphatic rings. The standard InChI is InChI=1S/C22H20Cl2N2O4/c1-12-9-16-15(19(24)18(12)23)10-17(26(16)2)20(27)25-22(7-8-30-11-22)14-5-3-13(4-6-14)21(28)29/h3-6,9-10H,7-8,11H2,1-2H3,(H,25,27)(H,28,29). The minimum absolute atomic E-state index is 0.190. The number of halogens is 2. The molecule has 1 aromatic heterocycles. The third-order valence-corrected chi connectivity index (χ3v) is 6.68. The van der Waals surface area contributed by atoms with Crippen LogP contribution in [0, 0.1) is 6.92 Å². The van der Waals surface area contributed by atoms with E-state index in [-0.39, 0.29) is 11.5 Å². The molecule has 0 aliphatic carbocycles. The van der Waals surface area contributed by atoms with Gasteiger partial charge in [0.1, 0.15) is 5.69 Å². The van der Waals surface area contributed by atoms with E-state index in [4.69, 9.17) is 33.0 Å². The lowest BCUT2D eigenvalue weighted by molar-refractivity contribution is 0.0696. The van der Waals surface area contributed by atoms with Crippen molar-refractivity contribution in [3.05, 3.63) is 68.8 Å². The molecule has 1 fully saturated rings. The van der Waals surface area contributed by atoms with Gasteiger partial charge in [0.05, 0.1) is 33.3 Å². The van der Waals surface area contributed by atoms with Crippen molar-refractivity contribution in [1.82, 2.24) is 9.88 Å². The Hall–Kier alpha value is -2.54. The van der Waals surface area contributed by atoms with Gasteiger partial charge in [-0.25, -0.2) is 4.79 Å². The van der Waals surface area contributed by atoms with Gasteiger partial charge in [0.25, 0.3) is 5.91 Å². The van der Waals surface area contributed by atoms with Crippen LogP contribution < -0.4 is 5.32 Å². The molecule has 1 saturated heterocycles. The van der Waals surface area contributed by atoms with Crippen molar-refractivity contribution in [2.24, 2.45) is 7.05 Å². The Morgan fingerprint density at radius 1 is 1.17 bits per heavy atom. The van der Waals surface area contributed by atoms with Gasteiger partial charge in [-0.3, -0.25) is 4.79 Å². The molecule has 2 aromatic carbocycles. The van der Waals surface area contributed by atoms with Crippen molar-refractivity contribution in [3.63, 3.8) is 0 Å². The summed E-state index contributed by atoms with van der Waals surface area (Å²) in [5.74, 6) is -1.27. The second-order valence-corrected chi connectivity index (χ2v) is 8.32. The van der Waals surface area contributed by atoms with Crippen LogP contribution in [0.15, 0.2) is 36.4 Å². The fourth-order valence-electron chi connectivity index (χ4n) is 3.92. The number of nitrogens with one attached hydrogen (secondary N) is 1. The molecule has 1 atom stereocenters. The van der Waals surface area contributed by atoms with E-state index in [0.29, 0.717) is 40.8 Å². The number of aryl methyl sites for hydroxylation is 2. The Balaban J connectivity index is 1.71. The summed E-state index contributed by atoms with van der Waals surface area (Å²) in [6, 6.07) is 10.1. The lowest BCUT2D eigenvalue weighted by atomic mass is 9.88. The van der Waals surface area contributed by atoms with Gasteiger partial charge in [-0.2, -0.15) is 0 Å². The number of aromatic nitrogens is 1. The van der Waals surface area contributed by atoms with Crippen molar-refractivity contribution in [3.8, 4) is 0 Å². The van der Waals surface area contributed by atoms with E-state index in [2.05, 4.69) is 5.32 Å². The predicted molar refractivity (Wildman–Crippen MR) is 116 cm³/mol. The average Bonchev–Trinajstić information content (AvgIpc) is 3.32. The summed E-state index contributed by atoms with van der Waals surface area (Å²) in [4.78, 5) is 24.4. The van der Waals surface area contributed by atoms with Crippen LogP contribution in [-0.4, -0.2) is 34.8 Å².